The lowest BCUT2D eigenvalue weighted by atomic mass is 10.1. The summed E-state index contributed by atoms with van der Waals surface area (Å²) in [6.07, 6.45) is 2.27. The minimum atomic E-state index is 0.190. The molecule has 1 N–H and O–H groups in total. The van der Waals surface area contributed by atoms with Crippen LogP contribution in [0.5, 0.6) is 0 Å². The van der Waals surface area contributed by atoms with Gasteiger partial charge in [0.2, 0.25) is 0 Å². The Morgan fingerprint density at radius 1 is 1.35 bits per heavy atom. The predicted octanol–water partition coefficient (Wildman–Crippen LogP) is 2.69. The fourth-order valence-corrected chi connectivity index (χ4v) is 4.12. The molecule has 1 unspecified atom stereocenters. The molecular weight excluding hydrogens is 250 g/mol. The van der Waals surface area contributed by atoms with Crippen LogP contribution in [0.25, 0.3) is 0 Å². The molecule has 0 saturated carbocycles. The van der Waals surface area contributed by atoms with E-state index in [1.807, 2.05) is 11.8 Å². The maximum atomic E-state index is 4.34. The van der Waals surface area contributed by atoms with Gasteiger partial charge in [-0.25, -0.2) is 0 Å². The summed E-state index contributed by atoms with van der Waals surface area (Å²) in [6, 6.07) is 0. The number of thioether (sulfide) groups is 1. The Morgan fingerprint density at radius 3 is 2.82 bits per heavy atom. The first kappa shape index (κ1) is 13.3. The fraction of sp³-hybridized carbons (Fsp3) is 0.833. The lowest BCUT2D eigenvalue weighted by Gasteiger charge is -2.19. The molecule has 96 valence electrons. The summed E-state index contributed by atoms with van der Waals surface area (Å²) < 4.78 is 0. The van der Waals surface area contributed by atoms with Crippen LogP contribution in [0, 0.1) is 0 Å². The highest BCUT2D eigenvalue weighted by Crippen LogP contribution is 2.33. The third-order valence-corrected chi connectivity index (χ3v) is 5.06. The molecule has 2 rings (SSSR count). The molecule has 1 saturated heterocycles. The second-order valence-electron chi connectivity index (χ2n) is 5.52. The second kappa shape index (κ2) is 5.67. The van der Waals surface area contributed by atoms with E-state index >= 15 is 0 Å². The normalized spacial score (nSPS) is 21.0. The Kier molecular flexibility index (Phi) is 4.44. The Bertz CT molecular complexity index is 351. The first-order chi connectivity index (χ1) is 8.04. The zero-order chi connectivity index (χ0) is 12.3. The monoisotopic (exact) mass is 271 g/mol. The average Bonchev–Trinajstić information content (AvgIpc) is 2.83. The number of hydrogen-bond donors (Lipinski definition) is 1. The topological polar surface area (TPSA) is 37.8 Å². The van der Waals surface area contributed by atoms with Gasteiger partial charge in [-0.05, 0) is 32.9 Å². The molecule has 1 aromatic rings. The van der Waals surface area contributed by atoms with Crippen molar-refractivity contribution in [1.29, 1.82) is 0 Å². The van der Waals surface area contributed by atoms with E-state index < -0.39 is 0 Å². The molecule has 2 heterocycles. The van der Waals surface area contributed by atoms with E-state index in [1.165, 1.54) is 27.9 Å². The molecule has 1 aromatic heterocycles. The maximum Gasteiger partial charge on any atom is 0.121 e. The quantitative estimate of drug-likeness (QED) is 0.913. The van der Waals surface area contributed by atoms with Crippen LogP contribution in [-0.2, 0) is 6.42 Å². The Morgan fingerprint density at radius 2 is 2.18 bits per heavy atom. The Balaban J connectivity index is 1.81. The van der Waals surface area contributed by atoms with Gasteiger partial charge >= 0.3 is 0 Å². The maximum absolute atomic E-state index is 4.34. The number of hydrogen-bond acceptors (Lipinski definition) is 5. The summed E-state index contributed by atoms with van der Waals surface area (Å²) in [7, 11) is 0. The molecule has 0 aromatic carbocycles. The molecule has 1 fully saturated rings. The van der Waals surface area contributed by atoms with Gasteiger partial charge in [0.25, 0.3) is 0 Å². The van der Waals surface area contributed by atoms with Crippen molar-refractivity contribution in [3.63, 3.8) is 0 Å². The van der Waals surface area contributed by atoms with Crippen molar-refractivity contribution in [3.8, 4) is 0 Å². The van der Waals surface area contributed by atoms with Gasteiger partial charge in [-0.15, -0.1) is 21.5 Å². The Labute approximate surface area is 112 Å². The van der Waals surface area contributed by atoms with Crippen molar-refractivity contribution in [2.45, 2.75) is 45.1 Å². The van der Waals surface area contributed by atoms with Gasteiger partial charge in [-0.3, -0.25) is 0 Å². The van der Waals surface area contributed by atoms with Crippen molar-refractivity contribution < 1.29 is 0 Å². The van der Waals surface area contributed by atoms with Crippen molar-refractivity contribution in [1.82, 2.24) is 15.5 Å². The number of nitrogens with one attached hydrogen (secondary N) is 1. The van der Waals surface area contributed by atoms with E-state index in [4.69, 9.17) is 0 Å². The smallest absolute Gasteiger partial charge is 0.121 e. The lowest BCUT2D eigenvalue weighted by molar-refractivity contribution is 0.429. The summed E-state index contributed by atoms with van der Waals surface area (Å²) in [6.45, 7) is 7.55. The summed E-state index contributed by atoms with van der Waals surface area (Å²) in [5.41, 5.74) is 0.190. The van der Waals surface area contributed by atoms with Crippen molar-refractivity contribution in [2.24, 2.45) is 0 Å². The van der Waals surface area contributed by atoms with Gasteiger partial charge in [-0.2, -0.15) is 11.8 Å². The van der Waals surface area contributed by atoms with Crippen LogP contribution in [-0.4, -0.2) is 33.8 Å². The van der Waals surface area contributed by atoms with Crippen LogP contribution in [0.4, 0.5) is 0 Å². The van der Waals surface area contributed by atoms with Gasteiger partial charge < -0.3 is 5.32 Å². The molecular formula is C12H21N3S2. The molecule has 1 aliphatic rings. The van der Waals surface area contributed by atoms with Gasteiger partial charge in [0.1, 0.15) is 10.0 Å². The molecule has 5 heteroatoms. The van der Waals surface area contributed by atoms with Gasteiger partial charge in [0.05, 0.1) is 0 Å². The average molecular weight is 271 g/mol. The predicted molar refractivity (Wildman–Crippen MR) is 76.1 cm³/mol. The largest absolute Gasteiger partial charge is 0.312 e. The van der Waals surface area contributed by atoms with Crippen LogP contribution < -0.4 is 5.32 Å². The highest BCUT2D eigenvalue weighted by atomic mass is 32.2. The van der Waals surface area contributed by atoms with Gasteiger partial charge in [-0.1, -0.05) is 0 Å². The summed E-state index contributed by atoms with van der Waals surface area (Å²) in [4.78, 5) is 0. The van der Waals surface area contributed by atoms with Crippen molar-refractivity contribution in [2.75, 3.05) is 18.1 Å². The fourth-order valence-electron chi connectivity index (χ4n) is 1.81. The number of nitrogens with zero attached hydrogens (tertiary/aromatic N) is 2. The van der Waals surface area contributed by atoms with Gasteiger partial charge in [0, 0.05) is 30.2 Å². The molecule has 0 spiro atoms. The molecule has 3 nitrogen and oxygen atoms in total. The van der Waals surface area contributed by atoms with E-state index in [9.17, 15) is 0 Å². The SMILES string of the molecule is CC(C)(C)NCCc1nnc(C2CCSC2)s1. The first-order valence-electron chi connectivity index (χ1n) is 6.20. The molecule has 0 aliphatic carbocycles. The Hall–Kier alpha value is -0.130. The highest BCUT2D eigenvalue weighted by molar-refractivity contribution is 7.99. The zero-order valence-electron chi connectivity index (χ0n) is 10.8. The molecule has 1 aliphatic heterocycles. The molecule has 0 radical (unpaired) electrons. The van der Waals surface area contributed by atoms with Crippen LogP contribution in [0.1, 0.15) is 43.1 Å². The van der Waals surface area contributed by atoms with Crippen LogP contribution in [0.15, 0.2) is 0 Å². The van der Waals surface area contributed by atoms with E-state index in [2.05, 4.69) is 36.3 Å². The standard InChI is InChI=1S/C12H21N3S2/c1-12(2,3)13-6-4-10-14-15-11(17-10)9-5-7-16-8-9/h9,13H,4-8H2,1-3H3. The molecule has 17 heavy (non-hydrogen) atoms. The lowest BCUT2D eigenvalue weighted by Crippen LogP contribution is -2.37. The van der Waals surface area contributed by atoms with Crippen LogP contribution in [0.3, 0.4) is 0 Å². The zero-order valence-corrected chi connectivity index (χ0v) is 12.5. The highest BCUT2D eigenvalue weighted by Gasteiger charge is 2.21. The number of rotatable bonds is 4. The van der Waals surface area contributed by atoms with Crippen molar-refractivity contribution >= 4 is 23.1 Å². The van der Waals surface area contributed by atoms with E-state index in [1.54, 1.807) is 11.3 Å². The number of aromatic nitrogens is 2. The summed E-state index contributed by atoms with van der Waals surface area (Å²) in [5.74, 6) is 3.18. The minimum absolute atomic E-state index is 0.190. The minimum Gasteiger partial charge on any atom is -0.312 e. The van der Waals surface area contributed by atoms with Gasteiger partial charge in [0.15, 0.2) is 0 Å². The molecule has 0 bridgehead atoms. The summed E-state index contributed by atoms with van der Waals surface area (Å²) in [5, 5.41) is 14.5. The van der Waals surface area contributed by atoms with E-state index in [-0.39, 0.29) is 5.54 Å². The van der Waals surface area contributed by atoms with Crippen LogP contribution >= 0.6 is 23.1 Å². The van der Waals surface area contributed by atoms with Crippen molar-refractivity contribution in [3.05, 3.63) is 10.0 Å². The van der Waals surface area contributed by atoms with E-state index in [0.717, 1.165) is 13.0 Å². The first-order valence-corrected chi connectivity index (χ1v) is 8.17. The second-order valence-corrected chi connectivity index (χ2v) is 7.76. The van der Waals surface area contributed by atoms with Crippen LogP contribution in [0.2, 0.25) is 0 Å². The molecule has 1 atom stereocenters. The van der Waals surface area contributed by atoms with E-state index in [0.29, 0.717) is 5.92 Å². The molecule has 0 amide bonds. The summed E-state index contributed by atoms with van der Waals surface area (Å²) >= 11 is 3.84. The third-order valence-electron chi connectivity index (χ3n) is 2.76. The third kappa shape index (κ3) is 4.23.